The highest BCUT2D eigenvalue weighted by atomic mass is 35.5. The van der Waals surface area contributed by atoms with E-state index in [0.29, 0.717) is 89.1 Å². The Morgan fingerprint density at radius 1 is 0.451 bits per heavy atom. The zero-order chi connectivity index (χ0) is 61.5. The van der Waals surface area contributed by atoms with Crippen LogP contribution in [0.15, 0.2) is 133 Å². The monoisotopic (exact) mass is 1480 g/mol. The predicted molar refractivity (Wildman–Crippen MR) is 398 cm³/mol. The summed E-state index contributed by atoms with van der Waals surface area (Å²) in [7, 11) is 0. The van der Waals surface area contributed by atoms with E-state index in [1.54, 1.807) is 46.2 Å². The Morgan fingerprint density at radius 3 is 1.12 bits per heavy atom. The van der Waals surface area contributed by atoms with E-state index in [1.807, 2.05) is 36.4 Å². The van der Waals surface area contributed by atoms with Gasteiger partial charge in [-0.15, -0.1) is 49.6 Å². The van der Waals surface area contributed by atoms with Crippen molar-refractivity contribution >= 4 is 154 Å². The fourth-order valence-electron chi connectivity index (χ4n) is 12.0. The first kappa shape index (κ1) is 84.6. The molecule has 91 heavy (non-hydrogen) atoms. The molecule has 0 aromatic heterocycles. The number of nitrogens with two attached hydrogens (primary N) is 2. The van der Waals surface area contributed by atoms with E-state index in [-0.39, 0.29) is 78.8 Å². The van der Waals surface area contributed by atoms with Crippen molar-refractivity contribution in [3.05, 3.63) is 207 Å². The number of likely N-dealkylation sites (tertiary alicyclic amines) is 2. The normalized spacial score (nSPS) is 14.9. The average Bonchev–Trinajstić information content (AvgIpc) is 1.05. The maximum Gasteiger partial charge on any atom is 0.256 e. The van der Waals surface area contributed by atoms with Crippen molar-refractivity contribution in [1.29, 1.82) is 0 Å². The van der Waals surface area contributed by atoms with E-state index in [0.717, 1.165) is 115 Å². The molecule has 2 saturated heterocycles. The van der Waals surface area contributed by atoms with Gasteiger partial charge in [0.05, 0.1) is 53.6 Å². The van der Waals surface area contributed by atoms with Crippen LogP contribution in [0.2, 0.25) is 40.2 Å². The smallest absolute Gasteiger partial charge is 0.256 e. The molecule has 0 saturated carbocycles. The number of amides is 2. The fraction of sp³-hybridized carbons (Fsp3) is 0.457. The van der Waals surface area contributed by atoms with Crippen molar-refractivity contribution in [3.63, 3.8) is 0 Å². The summed E-state index contributed by atoms with van der Waals surface area (Å²) >= 11 is 50.9. The van der Waals surface area contributed by atoms with Crippen LogP contribution in [-0.2, 0) is 12.8 Å². The van der Waals surface area contributed by atoms with Crippen LogP contribution in [-0.4, -0.2) is 102 Å². The molecule has 9 nitrogen and oxygen atoms in total. The summed E-state index contributed by atoms with van der Waals surface area (Å²) in [6.07, 6.45) is 15.5. The molecule has 6 N–H and O–H groups in total. The Balaban J connectivity index is 0.000000588. The molecule has 4 atom stereocenters. The first-order valence-corrected chi connectivity index (χ1v) is 34.0. The quantitative estimate of drug-likeness (QED) is 0.0372. The molecule has 4 unspecified atom stereocenters. The standard InChI is InChI=1S/2C35H43Cl4N3O.4ClH.H2O/c2*1-2-3-5-10-34(40)42(35(43)30-13-12-29(36)23-32(30)38)24-28(27-11-14-31(37)33(39)22-27)17-20-41-18-15-26(16-19-41)21-25-8-6-4-7-9-25;;;;;/h2*4,6-9,11-14,22-23,26,28,34H,2-3,5,10,15-21,24,40H2,1H3;4*1H;1H2. The molecular formula is C70H92Cl12N6O3. The number of hydrogen-bond donors (Lipinski definition) is 2. The lowest BCUT2D eigenvalue weighted by Gasteiger charge is -2.36. The van der Waals surface area contributed by atoms with Crippen LogP contribution in [0.25, 0.3) is 0 Å². The lowest BCUT2D eigenvalue weighted by molar-refractivity contribution is 0.0640. The molecule has 8 rings (SSSR count). The number of benzene rings is 6. The first-order valence-electron chi connectivity index (χ1n) is 31.0. The van der Waals surface area contributed by atoms with Crippen LogP contribution in [0, 0.1) is 11.8 Å². The van der Waals surface area contributed by atoms with Gasteiger partial charge in [0, 0.05) is 35.0 Å². The van der Waals surface area contributed by atoms with Crippen molar-refractivity contribution in [1.82, 2.24) is 19.6 Å². The van der Waals surface area contributed by atoms with Gasteiger partial charge in [0.25, 0.3) is 11.8 Å². The van der Waals surface area contributed by atoms with E-state index >= 15 is 0 Å². The largest absolute Gasteiger partial charge is 0.412 e. The SMILES string of the molecule is CCCCCC(N)N(CC(CCN1CCC(Cc2ccccc2)CC1)c1ccc(Cl)c(Cl)c1)C(=O)c1ccc(Cl)cc1Cl.CCCCCC(N)N(CC(CCN1CCC(Cc2ccccc2)CC1)c1ccc(Cl)c(Cl)c1)C(=O)c1ccc(Cl)cc1Cl.Cl.Cl.Cl.Cl.O. The van der Waals surface area contributed by atoms with Crippen LogP contribution in [0.4, 0.5) is 0 Å². The van der Waals surface area contributed by atoms with Crippen molar-refractivity contribution in [3.8, 4) is 0 Å². The number of carbonyl (C=O) groups excluding carboxylic acids is 2. The lowest BCUT2D eigenvalue weighted by Crippen LogP contribution is -2.48. The van der Waals surface area contributed by atoms with Crippen molar-refractivity contribution < 1.29 is 15.1 Å². The Kier molecular flexibility index (Phi) is 41.3. The van der Waals surface area contributed by atoms with Gasteiger partial charge in [0.15, 0.2) is 0 Å². The predicted octanol–water partition coefficient (Wildman–Crippen LogP) is 20.3. The molecule has 0 bridgehead atoms. The Bertz CT molecular complexity index is 2850. The van der Waals surface area contributed by atoms with E-state index in [2.05, 4.69) is 84.3 Å². The topological polar surface area (TPSA) is 131 Å². The molecule has 2 aliphatic rings. The van der Waals surface area contributed by atoms with E-state index in [9.17, 15) is 9.59 Å². The average molecular weight is 1490 g/mol. The second kappa shape index (κ2) is 44.4. The number of halogens is 12. The highest BCUT2D eigenvalue weighted by molar-refractivity contribution is 6.42. The summed E-state index contributed by atoms with van der Waals surface area (Å²) in [5, 5.41) is 3.68. The summed E-state index contributed by atoms with van der Waals surface area (Å²) in [4.78, 5) is 36.7. The summed E-state index contributed by atoms with van der Waals surface area (Å²) in [5.41, 5.74) is 19.3. The molecule has 0 aliphatic carbocycles. The highest BCUT2D eigenvalue weighted by Gasteiger charge is 2.31. The fourth-order valence-corrected chi connectivity index (χ4v) is 13.6. The number of carbonyl (C=O) groups is 2. The second-order valence-corrected chi connectivity index (χ2v) is 26.9. The molecule has 6 aromatic rings. The summed E-state index contributed by atoms with van der Waals surface area (Å²) in [6.45, 7) is 11.4. The summed E-state index contributed by atoms with van der Waals surface area (Å²) < 4.78 is 0. The lowest BCUT2D eigenvalue weighted by atomic mass is 9.89. The maximum atomic E-state index is 14.0. The van der Waals surface area contributed by atoms with Crippen LogP contribution in [0.3, 0.4) is 0 Å². The van der Waals surface area contributed by atoms with Gasteiger partial charge in [-0.2, -0.15) is 0 Å². The Morgan fingerprint density at radius 2 is 0.802 bits per heavy atom. The van der Waals surface area contributed by atoms with Gasteiger partial charge >= 0.3 is 0 Å². The number of piperidine rings is 2. The third kappa shape index (κ3) is 27.2. The minimum Gasteiger partial charge on any atom is -0.412 e. The molecule has 2 amide bonds. The molecule has 0 radical (unpaired) electrons. The number of hydrogen-bond acceptors (Lipinski definition) is 6. The second-order valence-electron chi connectivity index (χ2n) is 23.6. The van der Waals surface area contributed by atoms with Crippen molar-refractivity contribution in [2.75, 3.05) is 52.4 Å². The molecular weight excluding hydrogens is 1400 g/mol. The molecule has 2 heterocycles. The van der Waals surface area contributed by atoms with Crippen LogP contribution in [0.5, 0.6) is 0 Å². The Hall–Kier alpha value is -2.46. The number of rotatable bonds is 28. The van der Waals surface area contributed by atoms with Gasteiger partial charge in [0.2, 0.25) is 0 Å². The van der Waals surface area contributed by atoms with Gasteiger partial charge in [-0.1, -0.05) is 218 Å². The van der Waals surface area contributed by atoms with E-state index in [1.165, 1.54) is 36.8 Å². The molecule has 2 fully saturated rings. The Labute approximate surface area is 607 Å². The molecule has 504 valence electrons. The summed E-state index contributed by atoms with van der Waals surface area (Å²) in [6, 6.07) is 43.1. The van der Waals surface area contributed by atoms with Gasteiger partial charge in [-0.3, -0.25) is 9.59 Å². The third-order valence-electron chi connectivity index (χ3n) is 17.3. The van der Waals surface area contributed by atoms with Gasteiger partial charge < -0.3 is 36.5 Å². The van der Waals surface area contributed by atoms with E-state index in [4.69, 9.17) is 104 Å². The van der Waals surface area contributed by atoms with E-state index < -0.39 is 12.3 Å². The van der Waals surface area contributed by atoms with Gasteiger partial charge in [-0.05, 0) is 198 Å². The van der Waals surface area contributed by atoms with Crippen LogP contribution < -0.4 is 11.5 Å². The minimum absolute atomic E-state index is 0. The van der Waals surface area contributed by atoms with Gasteiger partial charge in [-0.25, -0.2) is 0 Å². The highest BCUT2D eigenvalue weighted by Crippen LogP contribution is 2.35. The third-order valence-corrected chi connectivity index (χ3v) is 19.8. The van der Waals surface area contributed by atoms with Crippen LogP contribution in [0.1, 0.15) is 159 Å². The van der Waals surface area contributed by atoms with Crippen LogP contribution >= 0.6 is 142 Å². The first-order chi connectivity index (χ1) is 41.5. The van der Waals surface area contributed by atoms with Crippen molar-refractivity contribution in [2.45, 2.75) is 141 Å². The summed E-state index contributed by atoms with van der Waals surface area (Å²) in [5.74, 6) is 1.09. The number of unbranched alkanes of at least 4 members (excludes halogenated alkanes) is 4. The minimum atomic E-state index is -0.440. The number of nitrogens with zero attached hydrogens (tertiary/aromatic N) is 4. The molecule has 6 aromatic carbocycles. The maximum absolute atomic E-state index is 14.0. The molecule has 2 aliphatic heterocycles. The zero-order valence-electron chi connectivity index (χ0n) is 52.1. The molecule has 21 heteroatoms. The van der Waals surface area contributed by atoms with Crippen molar-refractivity contribution in [2.24, 2.45) is 23.3 Å². The van der Waals surface area contributed by atoms with Gasteiger partial charge in [0.1, 0.15) is 0 Å². The molecule has 0 spiro atoms. The zero-order valence-corrected chi connectivity index (χ0v) is 61.4.